The van der Waals surface area contributed by atoms with Crippen LogP contribution in [0.25, 0.3) is 0 Å². The van der Waals surface area contributed by atoms with Crippen molar-refractivity contribution in [3.8, 4) is 17.2 Å². The van der Waals surface area contributed by atoms with E-state index in [1.807, 2.05) is 30.3 Å². The number of benzene rings is 3. The molecule has 8 heteroatoms. The van der Waals surface area contributed by atoms with Gasteiger partial charge in [-0.25, -0.2) is 0 Å². The summed E-state index contributed by atoms with van der Waals surface area (Å²) in [7, 11) is 4.70. The molecule has 35 heavy (non-hydrogen) atoms. The molecule has 2 heterocycles. The molecule has 0 bridgehead atoms. The van der Waals surface area contributed by atoms with Crippen LogP contribution in [-0.4, -0.2) is 44.6 Å². The second kappa shape index (κ2) is 9.15. The van der Waals surface area contributed by atoms with E-state index in [0.29, 0.717) is 52.1 Å². The topological polar surface area (TPSA) is 77.1 Å². The van der Waals surface area contributed by atoms with Crippen molar-refractivity contribution < 1.29 is 23.8 Å². The van der Waals surface area contributed by atoms with Gasteiger partial charge >= 0.3 is 0 Å². The fourth-order valence-corrected chi connectivity index (χ4v) is 5.36. The van der Waals surface area contributed by atoms with Crippen LogP contribution < -0.4 is 19.5 Å². The van der Waals surface area contributed by atoms with Crippen molar-refractivity contribution in [1.82, 2.24) is 4.90 Å². The molecule has 2 aliphatic heterocycles. The van der Waals surface area contributed by atoms with Gasteiger partial charge in [-0.3, -0.25) is 9.59 Å². The van der Waals surface area contributed by atoms with Crippen molar-refractivity contribution in [1.29, 1.82) is 0 Å². The molecule has 0 aliphatic carbocycles. The number of hydrogen-bond donors (Lipinski definition) is 1. The average molecular weight is 493 g/mol. The van der Waals surface area contributed by atoms with Crippen molar-refractivity contribution in [2.24, 2.45) is 0 Å². The fraction of sp³-hybridized carbons (Fsp3) is 0.259. The molecule has 3 aromatic rings. The van der Waals surface area contributed by atoms with Gasteiger partial charge in [0.2, 0.25) is 5.91 Å². The zero-order valence-electron chi connectivity index (χ0n) is 19.6. The van der Waals surface area contributed by atoms with E-state index in [1.54, 1.807) is 43.4 Å². The predicted octanol–water partition coefficient (Wildman–Crippen LogP) is 4.84. The van der Waals surface area contributed by atoms with Gasteiger partial charge < -0.3 is 24.4 Å². The molecule has 0 radical (unpaired) electrons. The Morgan fingerprint density at radius 1 is 0.943 bits per heavy atom. The maximum Gasteiger partial charge on any atom is 0.254 e. The highest BCUT2D eigenvalue weighted by Crippen LogP contribution is 2.48. The molecule has 5 rings (SSSR count). The van der Waals surface area contributed by atoms with Crippen molar-refractivity contribution in [3.05, 3.63) is 81.9 Å². The number of amides is 2. The Morgan fingerprint density at radius 2 is 1.66 bits per heavy atom. The van der Waals surface area contributed by atoms with Crippen LogP contribution in [0.15, 0.2) is 54.6 Å². The van der Waals surface area contributed by atoms with E-state index in [1.165, 1.54) is 7.11 Å². The third-order valence-electron chi connectivity index (χ3n) is 6.73. The number of nitrogens with zero attached hydrogens (tertiary/aromatic N) is 1. The van der Waals surface area contributed by atoms with E-state index in [4.69, 9.17) is 25.8 Å². The lowest BCUT2D eigenvalue weighted by Crippen LogP contribution is -2.49. The van der Waals surface area contributed by atoms with Crippen molar-refractivity contribution in [2.75, 3.05) is 33.2 Å². The van der Waals surface area contributed by atoms with Crippen molar-refractivity contribution in [2.45, 2.75) is 18.4 Å². The first-order valence-electron chi connectivity index (χ1n) is 11.3. The summed E-state index contributed by atoms with van der Waals surface area (Å²) in [6.07, 6.45) is 0.655. The third kappa shape index (κ3) is 3.86. The number of hydrogen-bond acceptors (Lipinski definition) is 5. The zero-order chi connectivity index (χ0) is 24.7. The Bertz CT molecular complexity index is 1320. The second-order valence-corrected chi connectivity index (χ2v) is 8.91. The highest BCUT2D eigenvalue weighted by Gasteiger charge is 2.46. The number of carbonyl (C=O) groups excluding carboxylic acids is 2. The molecule has 7 nitrogen and oxygen atoms in total. The molecule has 3 aromatic carbocycles. The number of rotatable bonds is 5. The van der Waals surface area contributed by atoms with Gasteiger partial charge in [-0.2, -0.15) is 0 Å². The smallest absolute Gasteiger partial charge is 0.254 e. The van der Waals surface area contributed by atoms with E-state index >= 15 is 0 Å². The Morgan fingerprint density at radius 3 is 2.37 bits per heavy atom. The van der Waals surface area contributed by atoms with Gasteiger partial charge in [-0.15, -0.1) is 0 Å². The summed E-state index contributed by atoms with van der Waals surface area (Å²) < 4.78 is 16.3. The van der Waals surface area contributed by atoms with Gasteiger partial charge in [-0.1, -0.05) is 29.8 Å². The van der Waals surface area contributed by atoms with Crippen molar-refractivity contribution >= 4 is 29.1 Å². The Labute approximate surface area is 208 Å². The molecule has 180 valence electrons. The van der Waals surface area contributed by atoms with E-state index in [2.05, 4.69) is 5.32 Å². The molecule has 1 N–H and O–H groups in total. The highest BCUT2D eigenvalue weighted by atomic mass is 35.5. The first kappa shape index (κ1) is 23.1. The lowest BCUT2D eigenvalue weighted by molar-refractivity contribution is -0.119. The Balaban J connectivity index is 1.62. The number of nitrogens with one attached hydrogen (secondary N) is 1. The third-order valence-corrected chi connectivity index (χ3v) is 7.02. The van der Waals surface area contributed by atoms with Crippen LogP contribution in [0.5, 0.6) is 17.2 Å². The van der Waals surface area contributed by atoms with E-state index in [-0.39, 0.29) is 11.8 Å². The number of fused-ring (bicyclic) bond motifs is 4. The summed E-state index contributed by atoms with van der Waals surface area (Å²) in [5, 5.41) is 3.40. The number of carbonyl (C=O) groups is 2. The fourth-order valence-electron chi connectivity index (χ4n) is 5.10. The second-order valence-electron chi connectivity index (χ2n) is 8.50. The van der Waals surface area contributed by atoms with Crippen LogP contribution in [0.3, 0.4) is 0 Å². The van der Waals surface area contributed by atoms with E-state index in [9.17, 15) is 9.59 Å². The molecule has 0 saturated heterocycles. The predicted molar refractivity (Wildman–Crippen MR) is 133 cm³/mol. The quantitative estimate of drug-likeness (QED) is 0.551. The molecule has 0 aromatic heterocycles. The van der Waals surface area contributed by atoms with Gasteiger partial charge in [0.1, 0.15) is 5.75 Å². The molecule has 0 unspecified atom stereocenters. The van der Waals surface area contributed by atoms with Crippen LogP contribution in [0, 0.1) is 0 Å². The summed E-state index contributed by atoms with van der Waals surface area (Å²) in [6.45, 7) is 0.498. The van der Waals surface area contributed by atoms with Crippen LogP contribution >= 0.6 is 11.6 Å². The van der Waals surface area contributed by atoms with Gasteiger partial charge in [0.25, 0.3) is 5.91 Å². The van der Waals surface area contributed by atoms with Gasteiger partial charge in [0.15, 0.2) is 11.5 Å². The summed E-state index contributed by atoms with van der Waals surface area (Å²) in [5.74, 6) is 0.747. The largest absolute Gasteiger partial charge is 0.495 e. The Hall–Kier alpha value is -3.71. The number of ether oxygens (including phenoxy) is 3. The normalized spacial score (nSPS) is 18.2. The lowest BCUT2D eigenvalue weighted by atomic mass is 9.75. The first-order chi connectivity index (χ1) is 17.0. The summed E-state index contributed by atoms with van der Waals surface area (Å²) in [4.78, 5) is 29.1. The van der Waals surface area contributed by atoms with Crippen LogP contribution in [0.4, 0.5) is 5.69 Å². The van der Waals surface area contributed by atoms with E-state index < -0.39 is 12.0 Å². The standard InChI is InChI=1S/C27H25ClN2O5/c1-33-21-9-8-16(13-20(21)28)29-26(31)24-17-6-4-5-7-18(17)27(32)30-11-10-15-12-22(34-2)23(35-3)14-19(15)25(24)30/h4-9,12-14,24-25H,10-11H2,1-3H3,(H,29,31)/t24-,25-/m1/s1. The van der Waals surface area contributed by atoms with Crippen LogP contribution in [-0.2, 0) is 11.2 Å². The molecule has 2 amide bonds. The Kier molecular flexibility index (Phi) is 6.03. The van der Waals surface area contributed by atoms with E-state index in [0.717, 1.165) is 11.1 Å². The SMILES string of the molecule is COc1ccc(NC(=O)[C@@H]2c3ccccc3C(=O)N3CCc4cc(OC)c(OC)cc4[C@H]23)cc1Cl. The maximum absolute atomic E-state index is 13.9. The molecule has 0 spiro atoms. The number of anilines is 1. The molecule has 0 saturated carbocycles. The minimum atomic E-state index is -0.637. The summed E-state index contributed by atoms with van der Waals surface area (Å²) in [5.41, 5.74) is 3.69. The minimum absolute atomic E-state index is 0.0809. The number of halogens is 1. The molecule has 2 aliphatic rings. The summed E-state index contributed by atoms with van der Waals surface area (Å²) in [6, 6.07) is 15.7. The van der Waals surface area contributed by atoms with Crippen LogP contribution in [0.2, 0.25) is 5.02 Å². The zero-order valence-corrected chi connectivity index (χ0v) is 20.4. The first-order valence-corrected chi connectivity index (χ1v) is 11.6. The molecular formula is C27H25ClN2O5. The lowest BCUT2D eigenvalue weighted by Gasteiger charge is -2.45. The monoisotopic (exact) mass is 492 g/mol. The number of methoxy groups -OCH3 is 3. The van der Waals surface area contributed by atoms with Gasteiger partial charge in [0, 0.05) is 17.8 Å². The average Bonchev–Trinajstić information content (AvgIpc) is 2.88. The van der Waals surface area contributed by atoms with Crippen molar-refractivity contribution in [3.63, 3.8) is 0 Å². The van der Waals surface area contributed by atoms with Gasteiger partial charge in [-0.05, 0) is 59.5 Å². The van der Waals surface area contributed by atoms with Crippen LogP contribution in [0.1, 0.15) is 39.0 Å². The maximum atomic E-state index is 13.9. The minimum Gasteiger partial charge on any atom is -0.495 e. The highest BCUT2D eigenvalue weighted by molar-refractivity contribution is 6.32. The molecule has 0 fully saturated rings. The molecular weight excluding hydrogens is 468 g/mol. The molecule has 2 atom stereocenters. The van der Waals surface area contributed by atoms with Gasteiger partial charge in [0.05, 0.1) is 38.3 Å². The summed E-state index contributed by atoms with van der Waals surface area (Å²) >= 11 is 6.28.